The molecular formula is C10H15NO. The van der Waals surface area contributed by atoms with E-state index in [-0.39, 0.29) is 0 Å². The molecule has 0 saturated carbocycles. The number of allylic oxidation sites excluding steroid dienone is 1. The van der Waals surface area contributed by atoms with Gasteiger partial charge in [0.15, 0.2) is 0 Å². The van der Waals surface area contributed by atoms with Gasteiger partial charge in [-0.05, 0) is 25.3 Å². The number of rotatable bonds is 3. The van der Waals surface area contributed by atoms with E-state index < -0.39 is 0 Å². The molecule has 2 nitrogen and oxygen atoms in total. The van der Waals surface area contributed by atoms with Crippen LogP contribution in [0.1, 0.15) is 31.9 Å². The maximum absolute atomic E-state index is 5.27. The molecule has 12 heavy (non-hydrogen) atoms. The van der Waals surface area contributed by atoms with Crippen molar-refractivity contribution < 1.29 is 4.42 Å². The van der Waals surface area contributed by atoms with Crippen molar-refractivity contribution in [2.24, 2.45) is 5.92 Å². The van der Waals surface area contributed by atoms with Crippen molar-refractivity contribution in [3.05, 3.63) is 23.9 Å². The Bertz CT molecular complexity index is 261. The van der Waals surface area contributed by atoms with Gasteiger partial charge >= 0.3 is 0 Å². The minimum absolute atomic E-state index is 0.692. The second-order valence-electron chi connectivity index (χ2n) is 3.34. The smallest absolute Gasteiger partial charge is 0.218 e. The molecule has 0 fully saturated rings. The molecule has 0 amide bonds. The molecule has 0 unspecified atom stereocenters. The molecule has 0 bridgehead atoms. The second kappa shape index (κ2) is 4.10. The maximum atomic E-state index is 5.27. The van der Waals surface area contributed by atoms with Crippen molar-refractivity contribution in [2.45, 2.75) is 27.2 Å². The second-order valence-corrected chi connectivity index (χ2v) is 3.34. The van der Waals surface area contributed by atoms with E-state index in [0.717, 1.165) is 12.2 Å². The van der Waals surface area contributed by atoms with E-state index in [9.17, 15) is 0 Å². The lowest BCUT2D eigenvalue weighted by Crippen LogP contribution is -1.80. The Hall–Kier alpha value is -1.05. The summed E-state index contributed by atoms with van der Waals surface area (Å²) in [5.74, 6) is 2.25. The number of aryl methyl sites for hydroxylation is 1. The lowest BCUT2D eigenvalue weighted by molar-refractivity contribution is 0.516. The Balaban J connectivity index is 2.46. The largest absolute Gasteiger partial charge is 0.442 e. The Morgan fingerprint density at radius 2 is 2.33 bits per heavy atom. The zero-order valence-corrected chi connectivity index (χ0v) is 7.87. The number of nitrogens with zero attached hydrogens (tertiary/aromatic N) is 1. The Kier molecular flexibility index (Phi) is 3.09. The summed E-state index contributed by atoms with van der Waals surface area (Å²) in [6, 6.07) is 0. The van der Waals surface area contributed by atoms with Crippen LogP contribution in [0.3, 0.4) is 0 Å². The highest BCUT2D eigenvalue weighted by Gasteiger charge is 1.94. The number of aromatic nitrogens is 1. The first-order valence-corrected chi connectivity index (χ1v) is 4.27. The summed E-state index contributed by atoms with van der Waals surface area (Å²) in [6.45, 7) is 6.27. The number of hydrogen-bond donors (Lipinski definition) is 0. The molecule has 0 atom stereocenters. The van der Waals surface area contributed by atoms with Gasteiger partial charge in [-0.3, -0.25) is 0 Å². The minimum Gasteiger partial charge on any atom is -0.442 e. The summed E-state index contributed by atoms with van der Waals surface area (Å²) < 4.78 is 5.27. The van der Waals surface area contributed by atoms with Crippen molar-refractivity contribution in [1.29, 1.82) is 0 Å². The molecule has 0 saturated heterocycles. The van der Waals surface area contributed by atoms with Gasteiger partial charge in [0, 0.05) is 0 Å². The first kappa shape index (κ1) is 9.04. The summed E-state index contributed by atoms with van der Waals surface area (Å²) in [5, 5.41) is 0. The third-order valence-electron chi connectivity index (χ3n) is 1.51. The zero-order chi connectivity index (χ0) is 8.97. The van der Waals surface area contributed by atoms with Gasteiger partial charge in [0.2, 0.25) is 5.89 Å². The van der Waals surface area contributed by atoms with E-state index in [4.69, 9.17) is 4.42 Å². The van der Waals surface area contributed by atoms with Crippen LogP contribution in [0.25, 0.3) is 6.08 Å². The van der Waals surface area contributed by atoms with Crippen molar-refractivity contribution in [1.82, 2.24) is 4.98 Å². The van der Waals surface area contributed by atoms with Crippen LogP contribution in [-0.2, 0) is 0 Å². The minimum atomic E-state index is 0.692. The predicted molar refractivity (Wildman–Crippen MR) is 49.7 cm³/mol. The van der Waals surface area contributed by atoms with Crippen molar-refractivity contribution >= 4 is 6.08 Å². The van der Waals surface area contributed by atoms with Crippen LogP contribution in [-0.4, -0.2) is 4.98 Å². The van der Waals surface area contributed by atoms with Crippen molar-refractivity contribution in [3.8, 4) is 0 Å². The van der Waals surface area contributed by atoms with Crippen LogP contribution >= 0.6 is 0 Å². The molecule has 0 spiro atoms. The summed E-state index contributed by atoms with van der Waals surface area (Å²) in [7, 11) is 0. The molecule has 1 aromatic heterocycles. The van der Waals surface area contributed by atoms with E-state index in [0.29, 0.717) is 11.8 Å². The highest BCUT2D eigenvalue weighted by atomic mass is 16.3. The Morgan fingerprint density at radius 3 is 2.83 bits per heavy atom. The molecule has 0 aliphatic heterocycles. The lowest BCUT2D eigenvalue weighted by Gasteiger charge is -1.94. The van der Waals surface area contributed by atoms with Gasteiger partial charge in [0.1, 0.15) is 5.76 Å². The van der Waals surface area contributed by atoms with Crippen LogP contribution < -0.4 is 0 Å². The summed E-state index contributed by atoms with van der Waals surface area (Å²) in [6.07, 6.45) is 6.82. The fraction of sp³-hybridized carbons (Fsp3) is 0.500. The van der Waals surface area contributed by atoms with Crippen LogP contribution in [0.15, 0.2) is 16.7 Å². The molecule has 0 N–H and O–H groups in total. The van der Waals surface area contributed by atoms with E-state index in [1.807, 2.05) is 13.0 Å². The fourth-order valence-corrected chi connectivity index (χ4v) is 0.890. The fourth-order valence-electron chi connectivity index (χ4n) is 0.890. The van der Waals surface area contributed by atoms with Gasteiger partial charge in [-0.25, -0.2) is 4.98 Å². The average molecular weight is 165 g/mol. The highest BCUT2D eigenvalue weighted by Crippen LogP contribution is 2.06. The SMILES string of the molecule is Cc1cnc(C=CCC(C)C)o1. The predicted octanol–water partition coefficient (Wildman–Crippen LogP) is 3.04. The van der Waals surface area contributed by atoms with Crippen LogP contribution in [0, 0.1) is 12.8 Å². The van der Waals surface area contributed by atoms with Crippen LogP contribution in [0.5, 0.6) is 0 Å². The van der Waals surface area contributed by atoms with Gasteiger partial charge < -0.3 is 4.42 Å². The molecule has 66 valence electrons. The molecule has 0 aromatic carbocycles. The van der Waals surface area contributed by atoms with Crippen molar-refractivity contribution in [3.63, 3.8) is 0 Å². The van der Waals surface area contributed by atoms with E-state index in [1.54, 1.807) is 6.20 Å². The van der Waals surface area contributed by atoms with Gasteiger partial charge in [-0.2, -0.15) is 0 Å². The Morgan fingerprint density at radius 1 is 1.58 bits per heavy atom. The van der Waals surface area contributed by atoms with Gasteiger partial charge in [0.05, 0.1) is 6.20 Å². The third kappa shape index (κ3) is 2.91. The molecule has 2 heteroatoms. The molecule has 0 radical (unpaired) electrons. The van der Waals surface area contributed by atoms with E-state index >= 15 is 0 Å². The van der Waals surface area contributed by atoms with Gasteiger partial charge in [-0.1, -0.05) is 19.9 Å². The Labute approximate surface area is 73.3 Å². The molecule has 1 heterocycles. The zero-order valence-electron chi connectivity index (χ0n) is 7.87. The van der Waals surface area contributed by atoms with E-state index in [2.05, 4.69) is 24.9 Å². The lowest BCUT2D eigenvalue weighted by atomic mass is 10.1. The standard InChI is InChI=1S/C10H15NO/c1-8(2)5-4-6-10-11-7-9(3)12-10/h4,6-8H,5H2,1-3H3. The molecule has 0 aliphatic carbocycles. The molecular weight excluding hydrogens is 150 g/mol. The van der Waals surface area contributed by atoms with Crippen molar-refractivity contribution in [2.75, 3.05) is 0 Å². The van der Waals surface area contributed by atoms with Crippen LogP contribution in [0.4, 0.5) is 0 Å². The third-order valence-corrected chi connectivity index (χ3v) is 1.51. The number of hydrogen-bond acceptors (Lipinski definition) is 2. The van der Waals surface area contributed by atoms with Gasteiger partial charge in [-0.15, -0.1) is 0 Å². The first-order valence-electron chi connectivity index (χ1n) is 4.27. The summed E-state index contributed by atoms with van der Waals surface area (Å²) >= 11 is 0. The summed E-state index contributed by atoms with van der Waals surface area (Å²) in [5.41, 5.74) is 0. The van der Waals surface area contributed by atoms with E-state index in [1.165, 1.54) is 0 Å². The average Bonchev–Trinajstić information content (AvgIpc) is 2.35. The topological polar surface area (TPSA) is 26.0 Å². The number of oxazole rings is 1. The molecule has 0 aliphatic rings. The first-order chi connectivity index (χ1) is 5.68. The quantitative estimate of drug-likeness (QED) is 0.688. The maximum Gasteiger partial charge on any atom is 0.218 e. The molecule has 1 rings (SSSR count). The summed E-state index contributed by atoms with van der Waals surface area (Å²) in [4.78, 5) is 4.06. The highest BCUT2D eigenvalue weighted by molar-refractivity contribution is 5.37. The monoisotopic (exact) mass is 165 g/mol. The molecule has 1 aromatic rings. The van der Waals surface area contributed by atoms with Gasteiger partial charge in [0.25, 0.3) is 0 Å². The normalized spacial score (nSPS) is 11.7. The van der Waals surface area contributed by atoms with Crippen LogP contribution in [0.2, 0.25) is 0 Å².